The Balaban J connectivity index is 2.20. The maximum absolute atomic E-state index is 6.28. The van der Waals surface area contributed by atoms with Gasteiger partial charge in [-0.05, 0) is 71.5 Å². The summed E-state index contributed by atoms with van der Waals surface area (Å²) in [4.78, 5) is 13.3. The highest BCUT2D eigenvalue weighted by Crippen LogP contribution is 2.43. The van der Waals surface area contributed by atoms with Gasteiger partial charge in [-0.25, -0.2) is 9.98 Å². The minimum Gasteiger partial charge on any atom is -0.480 e. The number of ether oxygens (including phenoxy) is 2. The Kier molecular flexibility index (Phi) is 6.72. The normalized spacial score (nSPS) is 19.3. The first kappa shape index (κ1) is 23.2. The molecule has 1 saturated heterocycles. The largest absolute Gasteiger partial charge is 0.480 e. The van der Waals surface area contributed by atoms with E-state index < -0.39 is 0 Å². The number of aliphatic imine (C=N–C) groups is 2. The number of nitrogens with zero attached hydrogens (tertiary/aromatic N) is 4. The maximum atomic E-state index is 6.28. The van der Waals surface area contributed by atoms with E-state index in [2.05, 4.69) is 50.6 Å². The van der Waals surface area contributed by atoms with E-state index in [0.717, 1.165) is 24.2 Å². The summed E-state index contributed by atoms with van der Waals surface area (Å²) in [5.74, 6) is 1.30. The van der Waals surface area contributed by atoms with E-state index in [9.17, 15) is 0 Å². The quantitative estimate of drug-likeness (QED) is 0.426. The van der Waals surface area contributed by atoms with Crippen LogP contribution in [0.5, 0.6) is 0 Å². The van der Waals surface area contributed by atoms with Crippen molar-refractivity contribution in [2.24, 2.45) is 9.98 Å². The summed E-state index contributed by atoms with van der Waals surface area (Å²) in [6.45, 7) is 12.2. The molecule has 0 spiro atoms. The van der Waals surface area contributed by atoms with Crippen molar-refractivity contribution in [3.05, 3.63) is 52.9 Å². The van der Waals surface area contributed by atoms with Crippen molar-refractivity contribution in [1.29, 1.82) is 0 Å². The van der Waals surface area contributed by atoms with Crippen molar-refractivity contribution >= 4 is 30.1 Å². The molecule has 1 aliphatic rings. The van der Waals surface area contributed by atoms with Gasteiger partial charge in [0, 0.05) is 36.1 Å². The number of hydrogen-bond acceptors (Lipinski definition) is 5. The smallest absolute Gasteiger partial charge is 0.225 e. The Morgan fingerprint density at radius 1 is 1.23 bits per heavy atom. The molecule has 0 atom stereocenters. The van der Waals surface area contributed by atoms with Gasteiger partial charge in [-0.1, -0.05) is 11.6 Å². The zero-order valence-corrected chi connectivity index (χ0v) is 19.9. The van der Waals surface area contributed by atoms with E-state index >= 15 is 0 Å². The van der Waals surface area contributed by atoms with Gasteiger partial charge in [-0.3, -0.25) is 9.56 Å². The molecule has 166 valence electrons. The lowest BCUT2D eigenvalue weighted by Gasteiger charge is -2.45. The van der Waals surface area contributed by atoms with E-state index in [1.165, 1.54) is 0 Å². The molecule has 6 nitrogen and oxygen atoms in total. The molecule has 0 bridgehead atoms. The van der Waals surface area contributed by atoms with Crippen molar-refractivity contribution in [1.82, 2.24) is 9.55 Å². The van der Waals surface area contributed by atoms with E-state index in [4.69, 9.17) is 26.1 Å². The number of allylic oxidation sites excluding steroid dienone is 1. The first-order chi connectivity index (χ1) is 14.6. The molecule has 0 unspecified atom stereocenters. The second kappa shape index (κ2) is 8.97. The Morgan fingerprint density at radius 3 is 2.35 bits per heavy atom. The first-order valence-electron chi connectivity index (χ1n) is 10.3. The molecule has 2 heterocycles. The molecule has 0 saturated carbocycles. The minimum atomic E-state index is -0.236. The maximum Gasteiger partial charge on any atom is 0.225 e. The topological polar surface area (TPSA) is 61.0 Å². The predicted octanol–water partition coefficient (Wildman–Crippen LogP) is 5.69. The molecule has 2 aromatic rings. The highest BCUT2D eigenvalue weighted by molar-refractivity contribution is 6.30. The van der Waals surface area contributed by atoms with Crippen molar-refractivity contribution in [2.45, 2.75) is 57.7 Å². The van der Waals surface area contributed by atoms with Gasteiger partial charge in [0.2, 0.25) is 5.88 Å². The number of imidazole rings is 1. The summed E-state index contributed by atoms with van der Waals surface area (Å²) < 4.78 is 13.8. The Morgan fingerprint density at radius 2 is 1.84 bits per heavy atom. The predicted molar refractivity (Wildman–Crippen MR) is 128 cm³/mol. The molecule has 3 rings (SSSR count). The minimum absolute atomic E-state index is 0.236. The Bertz CT molecular complexity index is 987. The van der Waals surface area contributed by atoms with Gasteiger partial charge >= 0.3 is 0 Å². The van der Waals surface area contributed by atoms with Gasteiger partial charge in [0.1, 0.15) is 0 Å². The summed E-state index contributed by atoms with van der Waals surface area (Å²) in [6.07, 6.45) is 5.54. The molecule has 1 aromatic heterocycles. The summed E-state index contributed by atoms with van der Waals surface area (Å²) >= 11 is 6.12. The van der Waals surface area contributed by atoms with Crippen LogP contribution >= 0.6 is 11.6 Å². The van der Waals surface area contributed by atoms with Crippen LogP contribution < -0.4 is 0 Å². The van der Waals surface area contributed by atoms with Crippen molar-refractivity contribution in [2.75, 3.05) is 14.2 Å². The molecule has 1 aromatic carbocycles. The van der Waals surface area contributed by atoms with Crippen LogP contribution in [0.4, 0.5) is 0 Å². The molecule has 7 heteroatoms. The third-order valence-electron chi connectivity index (χ3n) is 5.34. The van der Waals surface area contributed by atoms with Gasteiger partial charge in [-0.2, -0.15) is 0 Å². The van der Waals surface area contributed by atoms with Crippen LogP contribution in [-0.4, -0.2) is 47.8 Å². The van der Waals surface area contributed by atoms with Crippen LogP contribution in [0.1, 0.15) is 58.0 Å². The van der Waals surface area contributed by atoms with Crippen LogP contribution in [0.25, 0.3) is 11.3 Å². The average molecular weight is 443 g/mol. The second-order valence-electron chi connectivity index (χ2n) is 9.03. The number of halogens is 1. The van der Waals surface area contributed by atoms with Crippen molar-refractivity contribution in [3.63, 3.8) is 0 Å². The van der Waals surface area contributed by atoms with Gasteiger partial charge in [0.05, 0.1) is 29.6 Å². The number of benzene rings is 1. The molecule has 1 fully saturated rings. The average Bonchev–Trinajstić information content (AvgIpc) is 3.11. The zero-order chi connectivity index (χ0) is 22.8. The van der Waals surface area contributed by atoms with Crippen molar-refractivity contribution in [3.8, 4) is 5.69 Å². The SMILES string of the molecule is C=N/C(OC)=C(\C=NC)c1nc(C2CC(C)(C)OC(C)(C)C2)cn1-c1ccc(Cl)cc1. The van der Waals surface area contributed by atoms with Crippen LogP contribution in [0.3, 0.4) is 0 Å². The highest BCUT2D eigenvalue weighted by Gasteiger charge is 2.41. The van der Waals surface area contributed by atoms with E-state index in [0.29, 0.717) is 22.3 Å². The van der Waals surface area contributed by atoms with Crippen molar-refractivity contribution < 1.29 is 9.47 Å². The van der Waals surface area contributed by atoms with Gasteiger partial charge in [0.25, 0.3) is 0 Å². The lowest BCUT2D eigenvalue weighted by Crippen LogP contribution is -2.44. The van der Waals surface area contributed by atoms with E-state index in [1.54, 1.807) is 20.4 Å². The summed E-state index contributed by atoms with van der Waals surface area (Å²) in [6, 6.07) is 7.65. The fourth-order valence-electron chi connectivity index (χ4n) is 4.48. The third kappa shape index (κ3) is 5.25. The van der Waals surface area contributed by atoms with Gasteiger partial charge in [0.15, 0.2) is 5.82 Å². The molecular weight excluding hydrogens is 412 g/mol. The molecular formula is C24H31ClN4O2. The van der Waals surface area contributed by atoms with Crippen LogP contribution in [-0.2, 0) is 9.47 Å². The molecule has 31 heavy (non-hydrogen) atoms. The standard InChI is InChI=1S/C24H31ClN4O2/c1-23(2)12-16(13-24(3,4)31-23)20-15-29(18-10-8-17(25)9-11-18)21(28-20)19(14-26-5)22(27-6)30-7/h8-11,14-16H,6,12-13H2,1-5,7H3/b22-19-,26-14?. The van der Waals surface area contributed by atoms with Crippen LogP contribution in [0.15, 0.2) is 46.3 Å². The lowest BCUT2D eigenvalue weighted by atomic mass is 9.79. The van der Waals surface area contributed by atoms with Crippen LogP contribution in [0.2, 0.25) is 5.02 Å². The number of methoxy groups -OCH3 is 1. The zero-order valence-electron chi connectivity index (χ0n) is 19.1. The summed E-state index contributed by atoms with van der Waals surface area (Å²) in [5, 5.41) is 0.676. The number of hydrogen-bond donors (Lipinski definition) is 0. The third-order valence-corrected chi connectivity index (χ3v) is 5.59. The van der Waals surface area contributed by atoms with E-state index in [1.807, 2.05) is 28.8 Å². The molecule has 0 amide bonds. The summed E-state index contributed by atoms with van der Waals surface area (Å²) in [5.41, 5.74) is 2.12. The van der Waals surface area contributed by atoms with Gasteiger partial charge in [-0.15, -0.1) is 0 Å². The monoisotopic (exact) mass is 442 g/mol. The molecule has 0 radical (unpaired) electrons. The second-order valence-corrected chi connectivity index (χ2v) is 9.47. The number of aromatic nitrogens is 2. The molecule has 0 aliphatic carbocycles. The first-order valence-corrected chi connectivity index (χ1v) is 10.7. The van der Waals surface area contributed by atoms with E-state index in [-0.39, 0.29) is 17.1 Å². The Labute approximate surface area is 189 Å². The Hall–Kier alpha value is -2.44. The van der Waals surface area contributed by atoms with Crippen LogP contribution in [0, 0.1) is 0 Å². The fraction of sp³-hybridized carbons (Fsp3) is 0.458. The molecule has 1 aliphatic heterocycles. The lowest BCUT2D eigenvalue weighted by molar-refractivity contribution is -0.162. The molecule has 0 N–H and O–H groups in total. The summed E-state index contributed by atoms with van der Waals surface area (Å²) in [7, 11) is 3.27. The van der Waals surface area contributed by atoms with Gasteiger partial charge < -0.3 is 9.47 Å². The fourth-order valence-corrected chi connectivity index (χ4v) is 4.61. The number of rotatable bonds is 6. The highest BCUT2D eigenvalue weighted by atomic mass is 35.5.